The number of nitrogens with one attached hydrogen (secondary N) is 1. The van der Waals surface area contributed by atoms with E-state index >= 15 is 0 Å². The molecule has 6 heteroatoms. The summed E-state index contributed by atoms with van der Waals surface area (Å²) in [5.74, 6) is 2.44. The van der Waals surface area contributed by atoms with Gasteiger partial charge in [0.25, 0.3) is 5.91 Å². The fourth-order valence-corrected chi connectivity index (χ4v) is 3.52. The number of likely N-dealkylation sites (tertiary alicyclic amines) is 1. The number of carbonyl (C=O) groups is 1. The van der Waals surface area contributed by atoms with Crippen LogP contribution in [0.25, 0.3) is 0 Å². The van der Waals surface area contributed by atoms with Crippen molar-refractivity contribution < 1.29 is 9.53 Å². The number of pyridine rings is 2. The summed E-state index contributed by atoms with van der Waals surface area (Å²) in [6, 6.07) is 8.00. The molecule has 1 amide bonds. The Morgan fingerprint density at radius 1 is 1.19 bits per heavy atom. The molecule has 3 heterocycles. The molecule has 0 radical (unpaired) electrons. The van der Waals surface area contributed by atoms with E-state index in [1.165, 1.54) is 12.8 Å². The van der Waals surface area contributed by atoms with Gasteiger partial charge in [-0.3, -0.25) is 9.78 Å². The standard InChI is InChI=1S/C21H26N4O2/c1-15(16-4-5-16)24-20-7-6-17(13-23-20)21(26)25-11-8-18(9-12-25)27-19-3-2-10-22-14-19/h2-3,6-7,10,13-16,18H,4-5,8-9,11-12H2,1H3,(H,23,24)/t15-/m0/s1. The fraction of sp³-hybridized carbons (Fsp3) is 0.476. The predicted octanol–water partition coefficient (Wildman–Crippen LogP) is 3.37. The number of nitrogens with zero attached hydrogens (tertiary/aromatic N) is 3. The van der Waals surface area contributed by atoms with Crippen molar-refractivity contribution >= 4 is 11.7 Å². The molecule has 0 unspecified atom stereocenters. The van der Waals surface area contributed by atoms with Crippen molar-refractivity contribution in [3.05, 3.63) is 48.4 Å². The number of rotatable bonds is 6. The highest BCUT2D eigenvalue weighted by Gasteiger charge is 2.28. The molecule has 4 rings (SSSR count). The maximum atomic E-state index is 12.7. The smallest absolute Gasteiger partial charge is 0.255 e. The Kier molecular flexibility index (Phi) is 5.23. The van der Waals surface area contributed by atoms with Crippen LogP contribution in [0.1, 0.15) is 43.0 Å². The van der Waals surface area contributed by atoms with Crippen molar-refractivity contribution in [2.45, 2.75) is 44.8 Å². The third-order valence-electron chi connectivity index (χ3n) is 5.38. The molecule has 1 N–H and O–H groups in total. The molecule has 2 fully saturated rings. The molecule has 0 spiro atoms. The molecular formula is C21H26N4O2. The number of piperidine rings is 1. The maximum Gasteiger partial charge on any atom is 0.255 e. The largest absolute Gasteiger partial charge is 0.489 e. The van der Waals surface area contributed by atoms with Gasteiger partial charge in [-0.2, -0.15) is 0 Å². The normalized spacial score (nSPS) is 18.8. The van der Waals surface area contributed by atoms with Gasteiger partial charge in [-0.15, -0.1) is 0 Å². The van der Waals surface area contributed by atoms with Crippen molar-refractivity contribution in [1.82, 2.24) is 14.9 Å². The molecule has 142 valence electrons. The number of ether oxygens (including phenoxy) is 1. The Balaban J connectivity index is 1.28. The van der Waals surface area contributed by atoms with Crippen LogP contribution in [0.3, 0.4) is 0 Å². The average molecular weight is 366 g/mol. The van der Waals surface area contributed by atoms with Crippen LogP contribution in [-0.4, -0.2) is 46.0 Å². The number of hydrogen-bond donors (Lipinski definition) is 1. The van der Waals surface area contributed by atoms with Crippen LogP contribution in [-0.2, 0) is 0 Å². The number of amides is 1. The zero-order chi connectivity index (χ0) is 18.6. The molecule has 0 aromatic carbocycles. The van der Waals surface area contributed by atoms with Crippen molar-refractivity contribution in [1.29, 1.82) is 0 Å². The minimum absolute atomic E-state index is 0.0455. The van der Waals surface area contributed by atoms with Gasteiger partial charge in [0.05, 0.1) is 11.8 Å². The van der Waals surface area contributed by atoms with Gasteiger partial charge in [-0.25, -0.2) is 4.98 Å². The molecule has 1 saturated heterocycles. The van der Waals surface area contributed by atoms with Crippen LogP contribution in [0.15, 0.2) is 42.9 Å². The van der Waals surface area contributed by atoms with Gasteiger partial charge in [0.1, 0.15) is 17.7 Å². The second-order valence-electron chi connectivity index (χ2n) is 7.50. The van der Waals surface area contributed by atoms with Crippen LogP contribution < -0.4 is 10.1 Å². The van der Waals surface area contributed by atoms with E-state index in [1.54, 1.807) is 18.6 Å². The molecular weight excluding hydrogens is 340 g/mol. The zero-order valence-electron chi connectivity index (χ0n) is 15.7. The van der Waals surface area contributed by atoms with E-state index in [9.17, 15) is 4.79 Å². The summed E-state index contributed by atoms with van der Waals surface area (Å²) in [6.07, 6.45) is 9.52. The van der Waals surface area contributed by atoms with E-state index in [0.717, 1.165) is 30.3 Å². The van der Waals surface area contributed by atoms with Crippen molar-refractivity contribution in [3.63, 3.8) is 0 Å². The van der Waals surface area contributed by atoms with Gasteiger partial charge in [-0.05, 0) is 49.9 Å². The molecule has 2 aromatic heterocycles. The zero-order valence-corrected chi connectivity index (χ0v) is 15.7. The molecule has 6 nitrogen and oxygen atoms in total. The molecule has 1 aliphatic carbocycles. The highest BCUT2D eigenvalue weighted by molar-refractivity contribution is 5.94. The van der Waals surface area contributed by atoms with Gasteiger partial charge in [0.15, 0.2) is 0 Å². The Bertz CT molecular complexity index is 754. The predicted molar refractivity (Wildman–Crippen MR) is 104 cm³/mol. The third kappa shape index (κ3) is 4.56. The molecule has 1 saturated carbocycles. The summed E-state index contributed by atoms with van der Waals surface area (Å²) < 4.78 is 5.95. The first-order valence-corrected chi connectivity index (χ1v) is 9.77. The summed E-state index contributed by atoms with van der Waals surface area (Å²) in [4.78, 5) is 23.1. The van der Waals surface area contributed by atoms with Crippen LogP contribution in [0, 0.1) is 5.92 Å². The summed E-state index contributed by atoms with van der Waals surface area (Å²) >= 11 is 0. The molecule has 27 heavy (non-hydrogen) atoms. The highest BCUT2D eigenvalue weighted by atomic mass is 16.5. The van der Waals surface area contributed by atoms with E-state index in [2.05, 4.69) is 22.2 Å². The highest BCUT2D eigenvalue weighted by Crippen LogP contribution is 2.33. The minimum Gasteiger partial charge on any atom is -0.489 e. The van der Waals surface area contributed by atoms with Crippen LogP contribution in [0.5, 0.6) is 5.75 Å². The van der Waals surface area contributed by atoms with Crippen LogP contribution in [0.4, 0.5) is 5.82 Å². The molecule has 1 atom stereocenters. The summed E-state index contributed by atoms with van der Waals surface area (Å²) in [5, 5.41) is 3.42. The van der Waals surface area contributed by atoms with Gasteiger partial charge in [-0.1, -0.05) is 0 Å². The van der Waals surface area contributed by atoms with Gasteiger partial charge >= 0.3 is 0 Å². The molecule has 2 aliphatic rings. The van der Waals surface area contributed by atoms with Gasteiger partial charge < -0.3 is 15.0 Å². The van der Waals surface area contributed by atoms with E-state index in [1.807, 2.05) is 29.2 Å². The Hall–Kier alpha value is -2.63. The van der Waals surface area contributed by atoms with Crippen molar-refractivity contribution in [2.75, 3.05) is 18.4 Å². The average Bonchev–Trinajstić information content (AvgIpc) is 3.55. The lowest BCUT2D eigenvalue weighted by Gasteiger charge is -2.32. The monoisotopic (exact) mass is 366 g/mol. The van der Waals surface area contributed by atoms with Crippen molar-refractivity contribution in [2.24, 2.45) is 5.92 Å². The van der Waals surface area contributed by atoms with Crippen molar-refractivity contribution in [3.8, 4) is 5.75 Å². The first-order valence-electron chi connectivity index (χ1n) is 9.77. The summed E-state index contributed by atoms with van der Waals surface area (Å²) in [6.45, 7) is 3.58. The van der Waals surface area contributed by atoms with E-state index in [4.69, 9.17) is 4.74 Å². The summed E-state index contributed by atoms with van der Waals surface area (Å²) in [5.41, 5.74) is 0.645. The van der Waals surface area contributed by atoms with Gasteiger partial charge in [0.2, 0.25) is 0 Å². The van der Waals surface area contributed by atoms with Crippen LogP contribution >= 0.6 is 0 Å². The fourth-order valence-electron chi connectivity index (χ4n) is 3.52. The Morgan fingerprint density at radius 2 is 2.00 bits per heavy atom. The number of anilines is 1. The van der Waals surface area contributed by atoms with E-state index < -0.39 is 0 Å². The first kappa shape index (κ1) is 17.8. The SMILES string of the molecule is C[C@H](Nc1ccc(C(=O)N2CCC(Oc3cccnc3)CC2)cn1)C1CC1. The minimum atomic E-state index is 0.0455. The first-order chi connectivity index (χ1) is 13.2. The Morgan fingerprint density at radius 3 is 2.63 bits per heavy atom. The van der Waals surface area contributed by atoms with E-state index in [-0.39, 0.29) is 12.0 Å². The second-order valence-corrected chi connectivity index (χ2v) is 7.50. The molecule has 2 aromatic rings. The number of carbonyl (C=O) groups excluding carboxylic acids is 1. The van der Waals surface area contributed by atoms with Gasteiger partial charge in [0, 0.05) is 44.4 Å². The van der Waals surface area contributed by atoms with E-state index in [0.29, 0.717) is 24.7 Å². The second kappa shape index (κ2) is 7.94. The summed E-state index contributed by atoms with van der Waals surface area (Å²) in [7, 11) is 0. The Labute approximate surface area is 160 Å². The molecule has 1 aliphatic heterocycles. The lowest BCUT2D eigenvalue weighted by molar-refractivity contribution is 0.0594. The number of hydrogen-bond acceptors (Lipinski definition) is 5. The third-order valence-corrected chi connectivity index (χ3v) is 5.38. The lowest BCUT2D eigenvalue weighted by atomic mass is 10.1. The number of aromatic nitrogens is 2. The molecule has 0 bridgehead atoms. The maximum absolute atomic E-state index is 12.7. The quantitative estimate of drug-likeness (QED) is 0.849. The topological polar surface area (TPSA) is 67.4 Å². The lowest BCUT2D eigenvalue weighted by Crippen LogP contribution is -2.41. The van der Waals surface area contributed by atoms with Crippen LogP contribution in [0.2, 0.25) is 0 Å².